The molecule has 7 heteroatoms. The molecule has 2 spiro atoms. The monoisotopic (exact) mass is 574 g/mol. The minimum Gasteiger partial charge on any atom is -0.358 e. The smallest absolute Gasteiger partial charge is 0.358 e. The predicted octanol–water partition coefficient (Wildman–Crippen LogP) is 9.25. The van der Waals surface area contributed by atoms with E-state index in [0.717, 1.165) is 55.3 Å². The van der Waals surface area contributed by atoms with Crippen LogP contribution < -0.4 is 0 Å². The van der Waals surface area contributed by atoms with Crippen molar-refractivity contribution in [3.63, 3.8) is 0 Å². The molecule has 218 valence electrons. The number of aromatic nitrogens is 1. The molecule has 1 aromatic carbocycles. The fraction of sp³-hybridized carbons (Fsp3) is 0.667. The highest BCUT2D eigenvalue weighted by Crippen LogP contribution is 2.62. The van der Waals surface area contributed by atoms with Gasteiger partial charge >= 0.3 is 6.18 Å². The van der Waals surface area contributed by atoms with Gasteiger partial charge in [0.1, 0.15) is 29.6 Å². The first-order chi connectivity index (χ1) is 18.7. The van der Waals surface area contributed by atoms with E-state index < -0.39 is 23.4 Å². The lowest BCUT2D eigenvalue weighted by molar-refractivity contribution is -0.137. The lowest BCUT2D eigenvalue weighted by atomic mass is 9.59. The van der Waals surface area contributed by atoms with E-state index in [1.165, 1.54) is 48.2 Å². The van der Waals surface area contributed by atoms with E-state index in [2.05, 4.69) is 40.9 Å². The van der Waals surface area contributed by atoms with Gasteiger partial charge in [0.05, 0.1) is 11.2 Å². The van der Waals surface area contributed by atoms with Crippen molar-refractivity contribution >= 4 is 11.2 Å². The Bertz CT molecular complexity index is 1270. The number of rotatable bonds is 4. The number of nitrogens with zero attached hydrogens (tertiary/aromatic N) is 1. The van der Waals surface area contributed by atoms with Gasteiger partial charge in [-0.3, -0.25) is 4.98 Å². The van der Waals surface area contributed by atoms with Gasteiger partial charge in [-0.2, -0.15) is 17.4 Å². The van der Waals surface area contributed by atoms with E-state index in [-0.39, 0.29) is 33.4 Å². The first-order valence-corrected chi connectivity index (χ1v) is 16.5. The SMILES string of the molecule is CC(C)c1nc2c(c3c1[C@@H](c1ccc(C(F)(F)F)cc1)OC31CCCC1)[C@@H](O[S+](C)C(C)(C)C)CC1(CCC1)C2. The first kappa shape index (κ1) is 28.5. The maximum atomic E-state index is 13.4. The number of hydrogen-bond acceptors (Lipinski definition) is 3. The highest BCUT2D eigenvalue weighted by molar-refractivity contribution is 7.93. The van der Waals surface area contributed by atoms with Crippen molar-refractivity contribution in [2.75, 3.05) is 6.26 Å². The summed E-state index contributed by atoms with van der Waals surface area (Å²) in [5.41, 5.74) is 5.83. The van der Waals surface area contributed by atoms with Crippen LogP contribution in [0.15, 0.2) is 24.3 Å². The van der Waals surface area contributed by atoms with Crippen molar-refractivity contribution in [2.45, 2.75) is 127 Å². The third-order valence-corrected chi connectivity index (χ3v) is 12.2. The van der Waals surface area contributed by atoms with Crippen LogP contribution in [-0.2, 0) is 38.3 Å². The number of pyridine rings is 1. The van der Waals surface area contributed by atoms with Gasteiger partial charge in [0.15, 0.2) is 4.75 Å². The van der Waals surface area contributed by atoms with E-state index in [0.29, 0.717) is 0 Å². The van der Waals surface area contributed by atoms with E-state index in [9.17, 15) is 13.2 Å². The third kappa shape index (κ3) is 4.72. The molecule has 3 aliphatic carbocycles. The van der Waals surface area contributed by atoms with Crippen LogP contribution in [0.5, 0.6) is 0 Å². The molecule has 0 N–H and O–H groups in total. The maximum Gasteiger partial charge on any atom is 0.416 e. The van der Waals surface area contributed by atoms with Gasteiger partial charge < -0.3 is 4.74 Å². The number of hydrogen-bond donors (Lipinski definition) is 0. The summed E-state index contributed by atoms with van der Waals surface area (Å²) in [5, 5.41) is 0. The summed E-state index contributed by atoms with van der Waals surface area (Å²) in [7, 11) is 0. The molecule has 0 amide bonds. The molecule has 1 aromatic heterocycles. The van der Waals surface area contributed by atoms with E-state index in [1.807, 2.05) is 0 Å². The predicted molar refractivity (Wildman–Crippen MR) is 154 cm³/mol. The lowest BCUT2D eigenvalue weighted by Gasteiger charge is -2.48. The van der Waals surface area contributed by atoms with Crippen LogP contribution in [0.3, 0.4) is 0 Å². The number of fused-ring (bicyclic) bond motifs is 4. The Morgan fingerprint density at radius 3 is 2.15 bits per heavy atom. The van der Waals surface area contributed by atoms with Crippen LogP contribution in [0.4, 0.5) is 13.2 Å². The normalized spacial score (nSPS) is 25.8. The largest absolute Gasteiger partial charge is 0.416 e. The zero-order chi connectivity index (χ0) is 28.7. The molecule has 2 heterocycles. The summed E-state index contributed by atoms with van der Waals surface area (Å²) >= 11 is -0.258. The molecule has 0 saturated heterocycles. The van der Waals surface area contributed by atoms with Crippen LogP contribution in [0, 0.1) is 5.41 Å². The second-order valence-corrected chi connectivity index (χ2v) is 16.3. The Labute approximate surface area is 240 Å². The van der Waals surface area contributed by atoms with Gasteiger partial charge in [0.25, 0.3) is 0 Å². The van der Waals surface area contributed by atoms with Crippen LogP contribution >= 0.6 is 0 Å². The Morgan fingerprint density at radius 2 is 1.62 bits per heavy atom. The number of halogens is 3. The average molecular weight is 575 g/mol. The summed E-state index contributed by atoms with van der Waals surface area (Å²) in [6.45, 7) is 11.1. The molecular formula is C33H43F3NO2S+. The van der Waals surface area contributed by atoms with Gasteiger partial charge in [0.2, 0.25) is 0 Å². The standard InChI is InChI=1S/C33H43F3NO2S/c1-20(2)28-26-27(25-23(37-28)18-31(14-9-15-31)19-24(25)39-40(6)30(3,4)5)32(16-7-8-17-32)38-29(26)21-10-12-22(13-11-21)33(34,35)36/h10-13,20,24,29H,7-9,14-19H2,1-6H3/q+1/t24-,29+,40?/m0/s1. The molecule has 3 nitrogen and oxygen atoms in total. The summed E-state index contributed by atoms with van der Waals surface area (Å²) in [5.74, 6) is 0.171. The topological polar surface area (TPSA) is 31.4 Å². The molecule has 2 saturated carbocycles. The van der Waals surface area contributed by atoms with E-state index in [1.54, 1.807) is 12.1 Å². The molecule has 2 aromatic rings. The van der Waals surface area contributed by atoms with Gasteiger partial charge in [-0.05, 0) is 93.9 Å². The first-order valence-electron chi connectivity index (χ1n) is 15.0. The fourth-order valence-corrected chi connectivity index (χ4v) is 8.28. The lowest BCUT2D eigenvalue weighted by Crippen LogP contribution is -2.41. The Morgan fingerprint density at radius 1 is 0.975 bits per heavy atom. The highest BCUT2D eigenvalue weighted by atomic mass is 32.2. The third-order valence-electron chi connectivity index (χ3n) is 9.96. The fourth-order valence-electron chi connectivity index (χ4n) is 7.48. The average Bonchev–Trinajstić information content (AvgIpc) is 3.46. The molecular weight excluding hydrogens is 531 g/mol. The zero-order valence-corrected chi connectivity index (χ0v) is 25.5. The van der Waals surface area contributed by atoms with Crippen molar-refractivity contribution < 1.29 is 22.1 Å². The van der Waals surface area contributed by atoms with Crippen molar-refractivity contribution in [3.05, 3.63) is 63.5 Å². The van der Waals surface area contributed by atoms with Crippen LogP contribution in [0.1, 0.15) is 143 Å². The highest BCUT2D eigenvalue weighted by Gasteiger charge is 2.56. The molecule has 1 unspecified atom stereocenters. The summed E-state index contributed by atoms with van der Waals surface area (Å²) < 4.78 is 54.4. The van der Waals surface area contributed by atoms with Crippen LogP contribution in [0.25, 0.3) is 0 Å². The van der Waals surface area contributed by atoms with Gasteiger partial charge in [-0.1, -0.05) is 45.2 Å². The van der Waals surface area contributed by atoms with Gasteiger partial charge in [-0.15, -0.1) is 0 Å². The van der Waals surface area contributed by atoms with Crippen molar-refractivity contribution in [2.24, 2.45) is 5.41 Å². The van der Waals surface area contributed by atoms with Gasteiger partial charge in [0, 0.05) is 22.5 Å². The quantitative estimate of drug-likeness (QED) is 0.341. The van der Waals surface area contributed by atoms with Crippen molar-refractivity contribution in [3.8, 4) is 0 Å². The number of alkyl halides is 3. The second-order valence-electron chi connectivity index (χ2n) is 14.0. The molecule has 6 rings (SSSR count). The van der Waals surface area contributed by atoms with Gasteiger partial charge in [-0.25, -0.2) is 0 Å². The summed E-state index contributed by atoms with van der Waals surface area (Å²) in [4.78, 5) is 5.43. The molecule has 3 atom stereocenters. The van der Waals surface area contributed by atoms with Crippen LogP contribution in [-0.4, -0.2) is 16.0 Å². The summed E-state index contributed by atoms with van der Waals surface area (Å²) in [6, 6.07) is 5.60. The summed E-state index contributed by atoms with van der Waals surface area (Å²) in [6.07, 6.45) is 7.15. The van der Waals surface area contributed by atoms with Crippen LogP contribution in [0.2, 0.25) is 0 Å². The van der Waals surface area contributed by atoms with E-state index >= 15 is 0 Å². The zero-order valence-electron chi connectivity index (χ0n) is 24.7. The molecule has 0 radical (unpaired) electrons. The Kier molecular flexibility index (Phi) is 6.95. The molecule has 0 bridgehead atoms. The number of ether oxygens (including phenoxy) is 1. The molecule has 1 aliphatic heterocycles. The minimum absolute atomic E-state index is 0.0309. The molecule has 4 aliphatic rings. The number of benzene rings is 1. The minimum atomic E-state index is -4.37. The van der Waals surface area contributed by atoms with Crippen molar-refractivity contribution in [1.82, 2.24) is 4.98 Å². The molecule has 40 heavy (non-hydrogen) atoms. The van der Waals surface area contributed by atoms with E-state index in [4.69, 9.17) is 13.9 Å². The van der Waals surface area contributed by atoms with Crippen molar-refractivity contribution in [1.29, 1.82) is 0 Å². The molecule has 2 fully saturated rings. The maximum absolute atomic E-state index is 13.4. The second kappa shape index (κ2) is 9.74. The Hall–Kier alpha value is -1.57. The Balaban J connectivity index is 1.55.